The number of anilines is 1. The minimum atomic E-state index is 0.569. The molecule has 2 aliphatic rings. The number of rotatable bonds is 3. The van der Waals surface area contributed by atoms with Crippen molar-refractivity contribution in [3.05, 3.63) is 23.8 Å². The molecule has 2 aliphatic heterocycles. The highest BCUT2D eigenvalue weighted by molar-refractivity contribution is 7.98. The van der Waals surface area contributed by atoms with Gasteiger partial charge in [0.15, 0.2) is 0 Å². The summed E-state index contributed by atoms with van der Waals surface area (Å²) in [4.78, 5) is 3.59. The molecule has 2 fully saturated rings. The van der Waals surface area contributed by atoms with E-state index in [0.717, 1.165) is 54.0 Å². The molecule has 1 N–H and O–H groups in total. The first-order valence-electron chi connectivity index (χ1n) is 7.34. The number of nitriles is 1. The van der Waals surface area contributed by atoms with Crippen molar-refractivity contribution < 1.29 is 0 Å². The Labute approximate surface area is 125 Å². The average molecular weight is 287 g/mol. The summed E-state index contributed by atoms with van der Waals surface area (Å²) < 4.78 is 0. The number of benzene rings is 1. The highest BCUT2D eigenvalue weighted by Gasteiger charge is 2.43. The van der Waals surface area contributed by atoms with E-state index in [9.17, 15) is 5.26 Å². The van der Waals surface area contributed by atoms with Gasteiger partial charge in [-0.15, -0.1) is 11.8 Å². The van der Waals surface area contributed by atoms with Gasteiger partial charge in [-0.1, -0.05) is 13.0 Å². The van der Waals surface area contributed by atoms with E-state index >= 15 is 0 Å². The SMILES string of the molecule is CCC1C2CNCC2CN1c1cccc(SC)c1C#N. The summed E-state index contributed by atoms with van der Waals surface area (Å²) in [7, 11) is 0. The van der Waals surface area contributed by atoms with Gasteiger partial charge < -0.3 is 10.2 Å². The number of hydrogen-bond donors (Lipinski definition) is 1. The molecule has 3 atom stereocenters. The van der Waals surface area contributed by atoms with Crippen LogP contribution in [0.15, 0.2) is 23.1 Å². The van der Waals surface area contributed by atoms with Gasteiger partial charge in [-0.05, 0) is 36.6 Å². The molecule has 0 amide bonds. The van der Waals surface area contributed by atoms with Gasteiger partial charge in [0.1, 0.15) is 6.07 Å². The molecule has 0 aliphatic carbocycles. The highest BCUT2D eigenvalue weighted by atomic mass is 32.2. The van der Waals surface area contributed by atoms with Gasteiger partial charge in [-0.25, -0.2) is 0 Å². The number of thioether (sulfide) groups is 1. The predicted octanol–water partition coefficient (Wildman–Crippen LogP) is 2.71. The lowest BCUT2D eigenvalue weighted by Crippen LogP contribution is -2.35. The van der Waals surface area contributed by atoms with Crippen LogP contribution < -0.4 is 10.2 Å². The van der Waals surface area contributed by atoms with Gasteiger partial charge in [0.25, 0.3) is 0 Å². The van der Waals surface area contributed by atoms with Crippen molar-refractivity contribution in [3.63, 3.8) is 0 Å². The number of fused-ring (bicyclic) bond motifs is 1. The monoisotopic (exact) mass is 287 g/mol. The molecule has 1 aromatic rings. The van der Waals surface area contributed by atoms with Crippen molar-refractivity contribution >= 4 is 17.4 Å². The summed E-state index contributed by atoms with van der Waals surface area (Å²) in [6.45, 7) is 5.61. The van der Waals surface area contributed by atoms with Crippen LogP contribution in [0.25, 0.3) is 0 Å². The van der Waals surface area contributed by atoms with Crippen LogP contribution >= 0.6 is 11.8 Å². The molecule has 3 unspecified atom stereocenters. The van der Waals surface area contributed by atoms with Crippen molar-refractivity contribution in [1.82, 2.24) is 5.32 Å². The van der Waals surface area contributed by atoms with E-state index in [1.54, 1.807) is 11.8 Å². The lowest BCUT2D eigenvalue weighted by atomic mass is 9.93. The summed E-state index contributed by atoms with van der Waals surface area (Å²) >= 11 is 1.66. The Bertz CT molecular complexity index is 537. The zero-order valence-electron chi connectivity index (χ0n) is 12.1. The fourth-order valence-corrected chi connectivity index (χ4v) is 4.43. The molecule has 0 aromatic heterocycles. The molecule has 0 spiro atoms. The molecular weight excluding hydrogens is 266 g/mol. The molecule has 0 radical (unpaired) electrons. The van der Waals surface area contributed by atoms with Crippen LogP contribution in [0, 0.1) is 23.2 Å². The van der Waals surface area contributed by atoms with Crippen LogP contribution in [-0.4, -0.2) is 31.9 Å². The Hall–Kier alpha value is -1.18. The van der Waals surface area contributed by atoms with Crippen LogP contribution in [0.2, 0.25) is 0 Å². The van der Waals surface area contributed by atoms with Crippen molar-refractivity contribution in [1.29, 1.82) is 5.26 Å². The third-order valence-electron chi connectivity index (χ3n) is 4.78. The Morgan fingerprint density at radius 2 is 2.30 bits per heavy atom. The second-order valence-electron chi connectivity index (χ2n) is 5.68. The second kappa shape index (κ2) is 5.67. The fraction of sp³-hybridized carbons (Fsp3) is 0.562. The predicted molar refractivity (Wildman–Crippen MR) is 84.2 cm³/mol. The van der Waals surface area contributed by atoms with Crippen LogP contribution in [0.3, 0.4) is 0 Å². The van der Waals surface area contributed by atoms with Crippen molar-refractivity contribution in [3.8, 4) is 6.07 Å². The van der Waals surface area contributed by atoms with Crippen molar-refractivity contribution in [2.45, 2.75) is 24.3 Å². The Balaban J connectivity index is 1.99. The fourth-order valence-electron chi connectivity index (χ4n) is 3.86. The lowest BCUT2D eigenvalue weighted by molar-refractivity contribution is 0.442. The first-order chi connectivity index (χ1) is 9.80. The average Bonchev–Trinajstić information content (AvgIpc) is 3.06. The standard InChI is InChI=1S/C16H21N3S/c1-3-14-13-9-18-8-11(13)10-19(14)15-5-4-6-16(20-2)12(15)7-17/h4-6,11,13-14,18H,3,8-10H2,1-2H3. The molecular formula is C16H21N3S. The number of hydrogen-bond acceptors (Lipinski definition) is 4. The van der Waals surface area contributed by atoms with Crippen LogP contribution in [0.4, 0.5) is 5.69 Å². The quantitative estimate of drug-likeness (QED) is 0.868. The van der Waals surface area contributed by atoms with Gasteiger partial charge >= 0.3 is 0 Å². The van der Waals surface area contributed by atoms with Crippen molar-refractivity contribution in [2.75, 3.05) is 30.8 Å². The summed E-state index contributed by atoms with van der Waals surface area (Å²) in [5.41, 5.74) is 1.99. The van der Waals surface area contributed by atoms with Gasteiger partial charge in [-0.2, -0.15) is 5.26 Å². The third kappa shape index (κ3) is 2.10. The van der Waals surface area contributed by atoms with Gasteiger partial charge in [0.05, 0.1) is 11.3 Å². The summed E-state index contributed by atoms with van der Waals surface area (Å²) in [5.74, 6) is 1.48. The first kappa shape index (κ1) is 13.8. The maximum Gasteiger partial charge on any atom is 0.103 e. The smallest absolute Gasteiger partial charge is 0.103 e. The van der Waals surface area contributed by atoms with E-state index in [2.05, 4.69) is 35.3 Å². The molecule has 20 heavy (non-hydrogen) atoms. The molecule has 3 nitrogen and oxygen atoms in total. The normalized spacial score (nSPS) is 28.4. The molecule has 0 saturated carbocycles. The molecule has 106 valence electrons. The van der Waals surface area contributed by atoms with Gasteiger partial charge in [-0.3, -0.25) is 0 Å². The number of nitrogens with one attached hydrogen (secondary N) is 1. The molecule has 4 heteroatoms. The molecule has 2 saturated heterocycles. The van der Waals surface area contributed by atoms with Crippen LogP contribution in [0.1, 0.15) is 18.9 Å². The zero-order valence-corrected chi connectivity index (χ0v) is 12.9. The molecule has 0 bridgehead atoms. The largest absolute Gasteiger partial charge is 0.367 e. The lowest BCUT2D eigenvalue weighted by Gasteiger charge is -2.30. The minimum Gasteiger partial charge on any atom is -0.367 e. The van der Waals surface area contributed by atoms with E-state index in [1.807, 2.05) is 12.3 Å². The second-order valence-corrected chi connectivity index (χ2v) is 6.52. The first-order valence-corrected chi connectivity index (χ1v) is 8.57. The van der Waals surface area contributed by atoms with Crippen LogP contribution in [0.5, 0.6) is 0 Å². The summed E-state index contributed by atoms with van der Waals surface area (Å²) in [6.07, 6.45) is 3.19. The number of nitrogens with zero attached hydrogens (tertiary/aromatic N) is 2. The topological polar surface area (TPSA) is 39.1 Å². The Kier molecular flexibility index (Phi) is 3.91. The molecule has 2 heterocycles. The van der Waals surface area contributed by atoms with E-state index in [4.69, 9.17) is 0 Å². The molecule has 3 rings (SSSR count). The third-order valence-corrected chi connectivity index (χ3v) is 5.56. The Morgan fingerprint density at radius 1 is 1.45 bits per heavy atom. The maximum atomic E-state index is 9.55. The van der Waals surface area contributed by atoms with Crippen LogP contribution in [-0.2, 0) is 0 Å². The van der Waals surface area contributed by atoms with Crippen molar-refractivity contribution in [2.24, 2.45) is 11.8 Å². The molecule has 1 aromatic carbocycles. The van der Waals surface area contributed by atoms with Gasteiger partial charge in [0.2, 0.25) is 0 Å². The zero-order chi connectivity index (χ0) is 14.1. The summed E-state index contributed by atoms with van der Waals surface area (Å²) in [6, 6.07) is 9.25. The van der Waals surface area contributed by atoms with E-state index < -0.39 is 0 Å². The van der Waals surface area contributed by atoms with E-state index in [1.165, 1.54) is 0 Å². The highest BCUT2D eigenvalue weighted by Crippen LogP contribution is 2.40. The van der Waals surface area contributed by atoms with E-state index in [0.29, 0.717) is 6.04 Å². The minimum absolute atomic E-state index is 0.569. The maximum absolute atomic E-state index is 9.55. The van der Waals surface area contributed by atoms with E-state index in [-0.39, 0.29) is 0 Å². The summed E-state index contributed by atoms with van der Waals surface area (Å²) in [5, 5.41) is 13.1. The Morgan fingerprint density at radius 3 is 3.00 bits per heavy atom. The van der Waals surface area contributed by atoms with Gasteiger partial charge in [0, 0.05) is 30.6 Å².